The molecule has 7 saturated carbocycles. The number of methoxy groups -OCH3 is 1. The number of aliphatic hydroxyl groups excluding tert-OH is 1. The SMILES string of the molecule is CC1(C)[C@@H]2CCCC(=O)[C@@]2(C)CCC12OCCO2.COC(=O)C1CC[C@H]2C(C)(C)C3(CC[C@]2(C)C1=O)OCCO3.Cn1[nH]c2c(c1=O)CC[C@H]1C(C)(C)C(=O)/C(=C\O)C[C@]21C.Cn1[nH]c2c(c1=O)CC[C@H]1C(C)(C)C(=O)CC[C@]21C.Cn1[nH]c2c(c1=O)CC[C@H]1C(C)(C)C3(CC[C@]21C)OCCO3. The van der Waals surface area contributed by atoms with Gasteiger partial charge in [-0.05, 0) is 126 Å². The van der Waals surface area contributed by atoms with Crippen molar-refractivity contribution in [1.29, 1.82) is 0 Å². The van der Waals surface area contributed by atoms with Crippen LogP contribution in [0, 0.1) is 73.4 Å². The highest BCUT2D eigenvalue weighted by atomic mass is 16.8. The van der Waals surface area contributed by atoms with E-state index in [9.17, 15) is 43.5 Å². The van der Waals surface area contributed by atoms with Crippen LogP contribution in [0.4, 0.5) is 0 Å². The number of H-pyrrole nitrogens is 3. The summed E-state index contributed by atoms with van der Waals surface area (Å²) in [6, 6.07) is 0. The number of hydrogen-bond donors (Lipinski definition) is 4. The number of aromatic amines is 3. The van der Waals surface area contributed by atoms with Crippen molar-refractivity contribution in [3.63, 3.8) is 0 Å². The zero-order valence-corrected chi connectivity index (χ0v) is 64.8. The lowest BCUT2D eigenvalue weighted by Gasteiger charge is -2.59. The molecule has 3 saturated heterocycles. The molecule has 3 aromatic heterocycles. The van der Waals surface area contributed by atoms with Gasteiger partial charge in [0.25, 0.3) is 16.7 Å². The van der Waals surface area contributed by atoms with Crippen LogP contribution in [0.1, 0.15) is 247 Å². The first kappa shape index (κ1) is 76.1. The Morgan fingerprint density at radius 1 is 0.431 bits per heavy atom. The monoisotopic (exact) mass is 1420 g/mol. The molecule has 22 nitrogen and oxygen atoms in total. The number of rotatable bonds is 1. The molecule has 3 aromatic rings. The number of carbonyl (C=O) groups is 5. The zero-order valence-electron chi connectivity index (χ0n) is 64.8. The fraction of sp³-hybridized carbons (Fsp3) is 0.800. The van der Waals surface area contributed by atoms with Crippen molar-refractivity contribution in [2.24, 2.45) is 94.6 Å². The highest BCUT2D eigenvalue weighted by Crippen LogP contribution is 2.66. The van der Waals surface area contributed by atoms with Gasteiger partial charge in [0.2, 0.25) is 0 Å². The van der Waals surface area contributed by atoms with Crippen LogP contribution in [0.5, 0.6) is 0 Å². The van der Waals surface area contributed by atoms with Crippen LogP contribution in [0.15, 0.2) is 26.2 Å². The van der Waals surface area contributed by atoms with Gasteiger partial charge in [0.05, 0.1) is 53.0 Å². The number of esters is 1. The van der Waals surface area contributed by atoms with Crippen LogP contribution >= 0.6 is 0 Å². The van der Waals surface area contributed by atoms with E-state index in [1.54, 1.807) is 23.5 Å². The zero-order chi connectivity index (χ0) is 74.5. The number of ether oxygens (including phenoxy) is 7. The van der Waals surface area contributed by atoms with Crippen molar-refractivity contribution < 1.29 is 62.2 Å². The lowest BCUT2D eigenvalue weighted by atomic mass is 9.48. The van der Waals surface area contributed by atoms with Crippen molar-refractivity contribution in [2.45, 2.75) is 266 Å². The molecule has 11 atom stereocenters. The van der Waals surface area contributed by atoms with Gasteiger partial charge in [-0.15, -0.1) is 0 Å². The van der Waals surface area contributed by atoms with Crippen molar-refractivity contribution in [3.8, 4) is 0 Å². The van der Waals surface area contributed by atoms with Gasteiger partial charge in [-0.1, -0.05) is 104 Å². The summed E-state index contributed by atoms with van der Waals surface area (Å²) in [5, 5.41) is 19.2. The second kappa shape index (κ2) is 25.9. The Morgan fingerprint density at radius 3 is 1.24 bits per heavy atom. The van der Waals surface area contributed by atoms with E-state index in [-0.39, 0.29) is 83.4 Å². The van der Waals surface area contributed by atoms with E-state index in [0.29, 0.717) is 113 Å². The molecule has 566 valence electrons. The van der Waals surface area contributed by atoms with E-state index in [1.807, 2.05) is 27.8 Å². The third-order valence-corrected chi connectivity index (χ3v) is 30.3. The molecule has 102 heavy (non-hydrogen) atoms. The van der Waals surface area contributed by atoms with Gasteiger partial charge >= 0.3 is 5.97 Å². The number of carbonyl (C=O) groups excluding carboxylic acids is 5. The number of hydrogen-bond acceptors (Lipinski definition) is 16. The van der Waals surface area contributed by atoms with Crippen molar-refractivity contribution in [2.75, 3.05) is 46.8 Å². The van der Waals surface area contributed by atoms with E-state index >= 15 is 0 Å². The molecule has 0 aromatic carbocycles. The van der Waals surface area contributed by atoms with Gasteiger partial charge < -0.3 is 38.3 Å². The number of nitrogens with zero attached hydrogens (tertiary/aromatic N) is 3. The van der Waals surface area contributed by atoms with E-state index in [4.69, 9.17) is 33.2 Å². The topological polar surface area (TPSA) is 284 Å². The van der Waals surface area contributed by atoms with Gasteiger partial charge in [0, 0.05) is 147 Å². The smallest absolute Gasteiger partial charge is 0.316 e. The minimum Gasteiger partial charge on any atom is -0.515 e. The Bertz CT molecular complexity index is 4010. The van der Waals surface area contributed by atoms with Gasteiger partial charge in [-0.3, -0.25) is 67.7 Å². The minimum absolute atomic E-state index is 0.00192. The Labute approximate surface area is 601 Å². The summed E-state index contributed by atoms with van der Waals surface area (Å²) >= 11 is 0. The number of fused-ring (bicyclic) bond motifs is 11. The maximum Gasteiger partial charge on any atom is 0.316 e. The Balaban J connectivity index is 0.000000121. The van der Waals surface area contributed by atoms with E-state index in [1.165, 1.54) is 11.8 Å². The number of aromatic nitrogens is 6. The summed E-state index contributed by atoms with van der Waals surface area (Å²) in [6.45, 7) is 36.2. The minimum atomic E-state index is -0.610. The molecule has 6 heterocycles. The molecule has 3 aliphatic heterocycles. The number of ketones is 4. The van der Waals surface area contributed by atoms with Crippen LogP contribution in [-0.4, -0.2) is 128 Å². The molecule has 16 rings (SSSR count). The molecular weight excluding hydrogens is 1300 g/mol. The molecule has 10 aliphatic carbocycles. The molecule has 3 spiro atoms. The van der Waals surface area contributed by atoms with Crippen LogP contribution in [-0.2, 0) is 114 Å². The second-order valence-electron chi connectivity index (χ2n) is 36.8. The van der Waals surface area contributed by atoms with Crippen molar-refractivity contribution >= 4 is 29.1 Å². The second-order valence-corrected chi connectivity index (χ2v) is 36.8. The van der Waals surface area contributed by atoms with Crippen molar-refractivity contribution in [1.82, 2.24) is 29.3 Å². The maximum atomic E-state index is 13.0. The van der Waals surface area contributed by atoms with Crippen LogP contribution in [0.3, 0.4) is 0 Å². The van der Waals surface area contributed by atoms with Gasteiger partial charge in [-0.2, -0.15) is 0 Å². The predicted octanol–water partition coefficient (Wildman–Crippen LogP) is 11.2. The summed E-state index contributed by atoms with van der Waals surface area (Å²) in [4.78, 5) is 98.7. The fourth-order valence-electron chi connectivity index (χ4n) is 24.4. The van der Waals surface area contributed by atoms with Crippen molar-refractivity contribution in [3.05, 3.63) is 76.7 Å². The predicted molar refractivity (Wildman–Crippen MR) is 382 cm³/mol. The van der Waals surface area contributed by atoms with E-state index in [0.717, 1.165) is 130 Å². The van der Waals surface area contributed by atoms with E-state index < -0.39 is 40.1 Å². The average Bonchev–Trinajstić information content (AvgIpc) is 1.32. The lowest BCUT2D eigenvalue weighted by Crippen LogP contribution is -2.63. The molecule has 0 bridgehead atoms. The number of allylic oxidation sites excluding steroid dienone is 1. The van der Waals surface area contributed by atoms with Gasteiger partial charge in [-0.25, -0.2) is 0 Å². The first-order valence-electron chi connectivity index (χ1n) is 38.3. The lowest BCUT2D eigenvalue weighted by molar-refractivity contribution is -0.283. The quantitative estimate of drug-likeness (QED) is 0.0762. The number of Topliss-reactive ketones (excluding diaryl/α,β-unsaturated/α-hetero) is 4. The summed E-state index contributed by atoms with van der Waals surface area (Å²) in [5.74, 6) is -0.0947. The normalized spacial score (nSPS) is 36.4. The number of aliphatic hydroxyl groups is 1. The molecule has 0 radical (unpaired) electrons. The Hall–Kier alpha value is -5.52. The fourth-order valence-corrected chi connectivity index (χ4v) is 24.4. The van der Waals surface area contributed by atoms with Crippen LogP contribution < -0.4 is 16.7 Å². The molecule has 1 unspecified atom stereocenters. The largest absolute Gasteiger partial charge is 0.515 e. The molecule has 0 amide bonds. The third-order valence-electron chi connectivity index (χ3n) is 30.3. The molecule has 22 heteroatoms. The summed E-state index contributed by atoms with van der Waals surface area (Å²) in [7, 11) is 6.67. The first-order chi connectivity index (χ1) is 47.5. The van der Waals surface area contributed by atoms with Crippen LogP contribution in [0.25, 0.3) is 0 Å². The molecule has 13 aliphatic rings. The van der Waals surface area contributed by atoms with E-state index in [2.05, 4.69) is 98.4 Å². The number of nitrogens with one attached hydrogen (secondary N) is 3. The van der Waals surface area contributed by atoms with Gasteiger partial charge in [0.15, 0.2) is 28.9 Å². The number of aryl methyl sites for hydroxylation is 3. The third kappa shape index (κ3) is 11.1. The first-order valence-corrected chi connectivity index (χ1v) is 38.3. The summed E-state index contributed by atoms with van der Waals surface area (Å²) in [5.41, 5.74) is 4.39. The highest BCUT2D eigenvalue weighted by Gasteiger charge is 2.69. The Kier molecular flexibility index (Phi) is 19.3. The average molecular weight is 1420 g/mol. The Morgan fingerprint density at radius 2 is 0.804 bits per heavy atom. The molecule has 10 fully saturated rings. The molecule has 4 N–H and O–H groups in total. The standard InChI is InChI=1S/C17H26N2O3.C17H26O5.C16H22N2O3.C15H22N2O2.C15H24O3/c1-15(2)12-6-5-11-13(18-19(4)14(11)20)16(12,3)7-8-17(15)21-9-10-22-17;1-15(2)12-6-5-11(14(19)20-4)13(18)16(12,3)7-8-17(15)21-9-10-22-17;1-15(2)11-6-5-10-12(17-18(4)14(10)21)16(11,3)7-9(8-19)13(15)20;1-14(2)10-6-5-9-12(16-17(4)13(9)19)15(10,3)8-7-11(14)18;1-13(2)11-5-4-6-12(16)14(11,3)7-8-15(13)17-9-10-18-15/h12,18H,5-10H2,1-4H3;11-12H,5-10H2,1-4H3;8,11,17,19H,5-7H2,1-4H3;10,16H,5-8H2,1-4H3;11H,4-10H2,1-3H3/b;;9-8-;;/t12-,16-;11?,12-,16-;11-,16-;10-,15-;11-,14-/m00000/s1. The van der Waals surface area contributed by atoms with Gasteiger partial charge in [0.1, 0.15) is 17.5 Å². The highest BCUT2D eigenvalue weighted by molar-refractivity contribution is 6.03. The summed E-state index contributed by atoms with van der Waals surface area (Å²) < 4.78 is 45.8. The summed E-state index contributed by atoms with van der Waals surface area (Å²) in [6.07, 6.45) is 17.4. The van der Waals surface area contributed by atoms with Crippen LogP contribution in [0.2, 0.25) is 0 Å². The maximum absolute atomic E-state index is 13.0. The molecular formula is C80H120N6O16.